The second-order valence-corrected chi connectivity index (χ2v) is 4.70. The minimum absolute atomic E-state index is 0.0839. The fourth-order valence-corrected chi connectivity index (χ4v) is 1.09. The molecule has 4 heteroatoms. The average molecular weight is 228 g/mol. The first kappa shape index (κ1) is 14.7. The maximum absolute atomic E-state index is 11.4. The van der Waals surface area contributed by atoms with E-state index in [1.54, 1.807) is 6.08 Å². The van der Waals surface area contributed by atoms with E-state index in [0.717, 1.165) is 0 Å². The lowest BCUT2D eigenvalue weighted by Crippen LogP contribution is -2.30. The molecule has 0 aromatic heterocycles. The summed E-state index contributed by atoms with van der Waals surface area (Å²) in [5, 5.41) is 8.44. The van der Waals surface area contributed by atoms with Gasteiger partial charge in [0, 0.05) is 5.41 Å². The number of hydrogen-bond acceptors (Lipinski definition) is 3. The third kappa shape index (κ3) is 6.22. The van der Waals surface area contributed by atoms with Crippen molar-refractivity contribution in [1.82, 2.24) is 0 Å². The van der Waals surface area contributed by atoms with E-state index in [4.69, 9.17) is 9.84 Å². The van der Waals surface area contributed by atoms with E-state index in [2.05, 4.69) is 0 Å². The molecule has 0 saturated heterocycles. The summed E-state index contributed by atoms with van der Waals surface area (Å²) in [5.41, 5.74) is -0.189. The summed E-state index contributed by atoms with van der Waals surface area (Å²) in [6, 6.07) is 0. The molecule has 0 aliphatic heterocycles. The van der Waals surface area contributed by atoms with Gasteiger partial charge in [0.1, 0.15) is 6.10 Å². The molecule has 0 aromatic rings. The van der Waals surface area contributed by atoms with Gasteiger partial charge in [-0.15, -0.1) is 0 Å². The monoisotopic (exact) mass is 228 g/mol. The van der Waals surface area contributed by atoms with E-state index in [1.165, 1.54) is 0 Å². The molecule has 0 rings (SSSR count). The van der Waals surface area contributed by atoms with Crippen LogP contribution in [-0.2, 0) is 14.3 Å². The van der Waals surface area contributed by atoms with Crippen molar-refractivity contribution in [2.45, 2.75) is 46.6 Å². The molecular weight excluding hydrogens is 208 g/mol. The topological polar surface area (TPSA) is 63.6 Å². The molecule has 0 fully saturated rings. The lowest BCUT2D eigenvalue weighted by Gasteiger charge is -2.27. The number of carbonyl (C=O) groups excluding carboxylic acids is 1. The molecule has 0 bridgehead atoms. The van der Waals surface area contributed by atoms with Crippen LogP contribution >= 0.6 is 0 Å². The largest absolute Gasteiger partial charge is 0.481 e. The first-order chi connectivity index (χ1) is 7.27. The molecule has 1 unspecified atom stereocenters. The second kappa shape index (κ2) is 6.30. The number of carboxylic acid groups (broad SMARTS) is 1. The van der Waals surface area contributed by atoms with E-state index < -0.39 is 11.9 Å². The zero-order valence-electron chi connectivity index (χ0n) is 10.3. The van der Waals surface area contributed by atoms with E-state index >= 15 is 0 Å². The summed E-state index contributed by atoms with van der Waals surface area (Å²) in [7, 11) is 0. The third-order valence-corrected chi connectivity index (χ3v) is 2.02. The van der Waals surface area contributed by atoms with Gasteiger partial charge in [0.15, 0.2) is 0 Å². The van der Waals surface area contributed by atoms with Gasteiger partial charge in [-0.05, 0) is 13.0 Å². The van der Waals surface area contributed by atoms with Crippen molar-refractivity contribution in [3.8, 4) is 0 Å². The molecule has 0 saturated carbocycles. The smallest absolute Gasteiger partial charge is 0.306 e. The number of allylic oxidation sites excluding steroid dienone is 1. The Morgan fingerprint density at radius 1 is 1.31 bits per heavy atom. The van der Waals surface area contributed by atoms with Crippen LogP contribution in [0, 0.1) is 5.41 Å². The summed E-state index contributed by atoms with van der Waals surface area (Å²) in [4.78, 5) is 21.7. The number of ether oxygens (including phenoxy) is 1. The highest BCUT2D eigenvalue weighted by Gasteiger charge is 2.25. The van der Waals surface area contributed by atoms with Crippen molar-refractivity contribution in [3.63, 3.8) is 0 Å². The van der Waals surface area contributed by atoms with Crippen molar-refractivity contribution in [3.05, 3.63) is 12.2 Å². The van der Waals surface area contributed by atoms with Crippen LogP contribution in [0.2, 0.25) is 0 Å². The molecular formula is C12H20O4. The number of rotatable bonds is 5. The van der Waals surface area contributed by atoms with E-state index in [9.17, 15) is 9.59 Å². The SMILES string of the molecule is C/C=C/C(OC(=O)CCC(=O)O)C(C)(C)C. The molecule has 4 nitrogen and oxygen atoms in total. The van der Waals surface area contributed by atoms with Crippen molar-refractivity contribution >= 4 is 11.9 Å². The molecule has 0 aromatic carbocycles. The molecule has 0 amide bonds. The predicted octanol–water partition coefficient (Wildman–Crippen LogP) is 2.39. The molecule has 0 heterocycles. The first-order valence-electron chi connectivity index (χ1n) is 5.31. The summed E-state index contributed by atoms with van der Waals surface area (Å²) < 4.78 is 5.22. The van der Waals surface area contributed by atoms with Gasteiger partial charge >= 0.3 is 11.9 Å². The fraction of sp³-hybridized carbons (Fsp3) is 0.667. The summed E-state index contributed by atoms with van der Waals surface area (Å²) in [6.45, 7) is 7.73. The molecule has 1 N–H and O–H groups in total. The minimum atomic E-state index is -0.990. The van der Waals surface area contributed by atoms with Gasteiger partial charge in [-0.2, -0.15) is 0 Å². The van der Waals surface area contributed by atoms with Gasteiger partial charge in [0.2, 0.25) is 0 Å². The Morgan fingerprint density at radius 2 is 1.88 bits per heavy atom. The van der Waals surface area contributed by atoms with Crippen molar-refractivity contribution in [2.75, 3.05) is 0 Å². The highest BCUT2D eigenvalue weighted by atomic mass is 16.5. The molecule has 0 spiro atoms. The number of carboxylic acids is 1. The van der Waals surface area contributed by atoms with E-state index in [0.29, 0.717) is 0 Å². The number of esters is 1. The number of aliphatic carboxylic acids is 1. The Labute approximate surface area is 96.3 Å². The van der Waals surface area contributed by atoms with Crippen LogP contribution in [0.15, 0.2) is 12.2 Å². The maximum atomic E-state index is 11.4. The lowest BCUT2D eigenvalue weighted by atomic mass is 9.88. The predicted molar refractivity (Wildman–Crippen MR) is 61.0 cm³/mol. The molecule has 0 radical (unpaired) electrons. The normalized spacial score (nSPS) is 13.8. The molecule has 0 aliphatic carbocycles. The fourth-order valence-electron chi connectivity index (χ4n) is 1.09. The maximum Gasteiger partial charge on any atom is 0.306 e. The Balaban J connectivity index is 4.30. The van der Waals surface area contributed by atoms with Gasteiger partial charge in [-0.1, -0.05) is 26.8 Å². The number of hydrogen-bond donors (Lipinski definition) is 1. The van der Waals surface area contributed by atoms with Crippen molar-refractivity contribution < 1.29 is 19.4 Å². The van der Waals surface area contributed by atoms with Crippen LogP contribution in [-0.4, -0.2) is 23.1 Å². The zero-order chi connectivity index (χ0) is 12.8. The summed E-state index contributed by atoms with van der Waals surface area (Å²) in [6.07, 6.45) is 3.03. The number of carbonyl (C=O) groups is 2. The highest BCUT2D eigenvalue weighted by molar-refractivity contribution is 5.76. The third-order valence-electron chi connectivity index (χ3n) is 2.02. The summed E-state index contributed by atoms with van der Waals surface area (Å²) >= 11 is 0. The van der Waals surface area contributed by atoms with Gasteiger partial charge in [0.25, 0.3) is 0 Å². The quantitative estimate of drug-likeness (QED) is 0.579. The second-order valence-electron chi connectivity index (χ2n) is 4.70. The van der Waals surface area contributed by atoms with Gasteiger partial charge in [-0.3, -0.25) is 9.59 Å². The van der Waals surface area contributed by atoms with Crippen molar-refractivity contribution in [1.29, 1.82) is 0 Å². The Bertz CT molecular complexity index is 273. The molecule has 0 aliphatic rings. The minimum Gasteiger partial charge on any atom is -0.481 e. The summed E-state index contributed by atoms with van der Waals surface area (Å²) in [5.74, 6) is -1.46. The lowest BCUT2D eigenvalue weighted by molar-refractivity contribution is -0.153. The zero-order valence-corrected chi connectivity index (χ0v) is 10.3. The standard InChI is InChI=1S/C12H20O4/c1-5-6-9(12(2,3)4)16-11(15)8-7-10(13)14/h5-6,9H,7-8H2,1-4H3,(H,13,14)/b6-5+. The average Bonchev–Trinajstić information content (AvgIpc) is 2.12. The highest BCUT2D eigenvalue weighted by Crippen LogP contribution is 2.23. The Morgan fingerprint density at radius 3 is 2.25 bits per heavy atom. The first-order valence-corrected chi connectivity index (χ1v) is 5.31. The van der Waals surface area contributed by atoms with Gasteiger partial charge in [-0.25, -0.2) is 0 Å². The van der Waals surface area contributed by atoms with Crippen LogP contribution in [0.3, 0.4) is 0 Å². The Kier molecular flexibility index (Phi) is 5.78. The molecule has 92 valence electrons. The van der Waals surface area contributed by atoms with Gasteiger partial charge in [0.05, 0.1) is 12.8 Å². The van der Waals surface area contributed by atoms with E-state index in [1.807, 2.05) is 33.8 Å². The molecule has 1 atom stereocenters. The molecule has 16 heavy (non-hydrogen) atoms. The van der Waals surface area contributed by atoms with E-state index in [-0.39, 0.29) is 24.4 Å². The Hall–Kier alpha value is -1.32. The van der Waals surface area contributed by atoms with Gasteiger partial charge < -0.3 is 9.84 Å². The van der Waals surface area contributed by atoms with Crippen LogP contribution in [0.5, 0.6) is 0 Å². The van der Waals surface area contributed by atoms with Crippen molar-refractivity contribution in [2.24, 2.45) is 5.41 Å². The van der Waals surface area contributed by atoms with Crippen LogP contribution in [0.4, 0.5) is 0 Å². The van der Waals surface area contributed by atoms with Crippen LogP contribution < -0.4 is 0 Å². The van der Waals surface area contributed by atoms with Crippen LogP contribution in [0.25, 0.3) is 0 Å². The van der Waals surface area contributed by atoms with Crippen LogP contribution in [0.1, 0.15) is 40.5 Å².